The Morgan fingerprint density at radius 1 is 1.17 bits per heavy atom. The number of aryl methyl sites for hydroxylation is 2. The molecule has 1 aromatic carbocycles. The van der Waals surface area contributed by atoms with E-state index < -0.39 is 0 Å². The molecule has 18 heavy (non-hydrogen) atoms. The molecule has 1 aromatic heterocycles. The van der Waals surface area contributed by atoms with Crippen LogP contribution >= 0.6 is 11.3 Å². The van der Waals surface area contributed by atoms with E-state index >= 15 is 0 Å². The number of hydrogen-bond donors (Lipinski definition) is 2. The molecule has 0 fully saturated rings. The van der Waals surface area contributed by atoms with Crippen LogP contribution in [0.3, 0.4) is 0 Å². The molecule has 0 radical (unpaired) electrons. The average molecular weight is 261 g/mol. The fraction of sp³-hybridized carbons (Fsp3) is 0.333. The molecule has 96 valence electrons. The van der Waals surface area contributed by atoms with E-state index in [0.717, 1.165) is 12.1 Å². The molecule has 0 saturated carbocycles. The van der Waals surface area contributed by atoms with Crippen molar-refractivity contribution in [3.8, 4) is 0 Å². The second-order valence-corrected chi connectivity index (χ2v) is 5.60. The lowest BCUT2D eigenvalue weighted by Gasteiger charge is -2.16. The van der Waals surface area contributed by atoms with E-state index in [2.05, 4.69) is 43.4 Å². The molecule has 1 atom stereocenters. The van der Waals surface area contributed by atoms with Crippen LogP contribution in [0.5, 0.6) is 0 Å². The summed E-state index contributed by atoms with van der Waals surface area (Å²) in [4.78, 5) is 2.55. The molecule has 2 nitrogen and oxygen atoms in total. The summed E-state index contributed by atoms with van der Waals surface area (Å²) in [6.45, 7) is 4.33. The minimum absolute atomic E-state index is 0.0157. The van der Waals surface area contributed by atoms with Gasteiger partial charge in [0, 0.05) is 15.4 Å². The molecular formula is C15H19NOS. The maximum Gasteiger partial charge on any atom is 0.0837 e. The molecule has 2 aromatic rings. The van der Waals surface area contributed by atoms with E-state index in [1.165, 1.54) is 15.3 Å². The Bertz CT molecular complexity index is 489. The summed E-state index contributed by atoms with van der Waals surface area (Å²) < 4.78 is 0. The van der Waals surface area contributed by atoms with Gasteiger partial charge < -0.3 is 10.4 Å². The molecule has 0 amide bonds. The third-order valence-electron chi connectivity index (χ3n) is 2.95. The number of hydrogen-bond acceptors (Lipinski definition) is 3. The van der Waals surface area contributed by atoms with E-state index in [4.69, 9.17) is 0 Å². The zero-order valence-corrected chi connectivity index (χ0v) is 11.6. The van der Waals surface area contributed by atoms with Gasteiger partial charge in [-0.2, -0.15) is 0 Å². The average Bonchev–Trinajstić information content (AvgIpc) is 2.87. The van der Waals surface area contributed by atoms with E-state index in [1.54, 1.807) is 11.3 Å². The highest BCUT2D eigenvalue weighted by molar-refractivity contribution is 7.12. The van der Waals surface area contributed by atoms with Crippen molar-refractivity contribution < 1.29 is 5.11 Å². The Labute approximate surface area is 112 Å². The molecule has 1 unspecified atom stereocenters. The smallest absolute Gasteiger partial charge is 0.0837 e. The van der Waals surface area contributed by atoms with Crippen molar-refractivity contribution in [3.63, 3.8) is 0 Å². The van der Waals surface area contributed by atoms with Gasteiger partial charge in [0.05, 0.1) is 12.6 Å². The van der Waals surface area contributed by atoms with Crippen LogP contribution in [0.15, 0.2) is 36.4 Å². The fourth-order valence-corrected chi connectivity index (χ4v) is 2.82. The van der Waals surface area contributed by atoms with Crippen molar-refractivity contribution in [3.05, 3.63) is 51.7 Å². The zero-order valence-electron chi connectivity index (χ0n) is 10.8. The predicted octanol–water partition coefficient (Wildman–Crippen LogP) is 3.76. The van der Waals surface area contributed by atoms with Crippen molar-refractivity contribution in [2.24, 2.45) is 0 Å². The quantitative estimate of drug-likeness (QED) is 0.859. The Kier molecular flexibility index (Phi) is 4.39. The van der Waals surface area contributed by atoms with Crippen LogP contribution in [0.25, 0.3) is 0 Å². The van der Waals surface area contributed by atoms with Crippen LogP contribution in [0, 0.1) is 6.92 Å². The van der Waals surface area contributed by atoms with Gasteiger partial charge in [-0.3, -0.25) is 0 Å². The van der Waals surface area contributed by atoms with Crippen molar-refractivity contribution in [2.75, 3.05) is 11.9 Å². The highest BCUT2D eigenvalue weighted by atomic mass is 32.1. The van der Waals surface area contributed by atoms with Crippen molar-refractivity contribution in [1.29, 1.82) is 0 Å². The van der Waals surface area contributed by atoms with Gasteiger partial charge in [-0.15, -0.1) is 11.3 Å². The van der Waals surface area contributed by atoms with Gasteiger partial charge in [-0.05, 0) is 37.6 Å². The number of aliphatic hydroxyl groups is 1. The molecule has 0 saturated heterocycles. The summed E-state index contributed by atoms with van der Waals surface area (Å²) in [7, 11) is 0. The monoisotopic (exact) mass is 261 g/mol. The molecule has 0 aliphatic carbocycles. The minimum atomic E-state index is -0.0157. The lowest BCUT2D eigenvalue weighted by molar-refractivity contribution is 0.278. The first-order chi connectivity index (χ1) is 8.72. The second-order valence-electron chi connectivity index (χ2n) is 4.40. The van der Waals surface area contributed by atoms with Crippen LogP contribution in [-0.2, 0) is 6.42 Å². The normalized spacial score (nSPS) is 12.4. The predicted molar refractivity (Wildman–Crippen MR) is 78.3 cm³/mol. The Hall–Kier alpha value is -1.32. The maximum absolute atomic E-state index is 9.52. The van der Waals surface area contributed by atoms with Crippen LogP contribution in [0.4, 0.5) is 5.69 Å². The number of aliphatic hydroxyl groups excluding tert-OH is 1. The molecule has 0 spiro atoms. The van der Waals surface area contributed by atoms with E-state index in [-0.39, 0.29) is 12.6 Å². The highest BCUT2D eigenvalue weighted by Gasteiger charge is 2.12. The fourth-order valence-electron chi connectivity index (χ4n) is 1.83. The first-order valence-electron chi connectivity index (χ1n) is 6.25. The standard InChI is InChI=1S/C15H19NOS/c1-3-13-8-9-15(18-13)14(10-17)16-12-6-4-11(2)5-7-12/h4-9,14,16-17H,3,10H2,1-2H3. The largest absolute Gasteiger partial charge is 0.394 e. The Balaban J connectivity index is 2.11. The van der Waals surface area contributed by atoms with Crippen molar-refractivity contribution in [2.45, 2.75) is 26.3 Å². The summed E-state index contributed by atoms with van der Waals surface area (Å²) in [5, 5.41) is 12.9. The SMILES string of the molecule is CCc1ccc(C(CO)Nc2ccc(C)cc2)s1. The summed E-state index contributed by atoms with van der Waals surface area (Å²) in [5.74, 6) is 0. The summed E-state index contributed by atoms with van der Waals surface area (Å²) in [6, 6.07) is 12.5. The number of nitrogens with one attached hydrogen (secondary N) is 1. The molecule has 3 heteroatoms. The van der Waals surface area contributed by atoms with E-state index in [9.17, 15) is 5.11 Å². The molecule has 0 aliphatic rings. The molecule has 2 rings (SSSR count). The van der Waals surface area contributed by atoms with Crippen molar-refractivity contribution >= 4 is 17.0 Å². The number of rotatable bonds is 5. The van der Waals surface area contributed by atoms with Gasteiger partial charge in [-0.25, -0.2) is 0 Å². The Morgan fingerprint density at radius 2 is 1.89 bits per heavy atom. The summed E-state index contributed by atoms with van der Waals surface area (Å²) in [5.41, 5.74) is 2.29. The number of anilines is 1. The molecule has 1 heterocycles. The first kappa shape index (κ1) is 13.1. The van der Waals surface area contributed by atoms with Crippen LogP contribution in [0.1, 0.15) is 28.3 Å². The summed E-state index contributed by atoms with van der Waals surface area (Å²) >= 11 is 1.77. The van der Waals surface area contributed by atoms with Crippen LogP contribution in [0.2, 0.25) is 0 Å². The highest BCUT2D eigenvalue weighted by Crippen LogP contribution is 2.26. The van der Waals surface area contributed by atoms with Gasteiger partial charge in [0.1, 0.15) is 0 Å². The number of benzene rings is 1. The Morgan fingerprint density at radius 3 is 2.44 bits per heavy atom. The van der Waals surface area contributed by atoms with Gasteiger partial charge >= 0.3 is 0 Å². The van der Waals surface area contributed by atoms with E-state index in [0.29, 0.717) is 0 Å². The van der Waals surface area contributed by atoms with Crippen LogP contribution < -0.4 is 5.32 Å². The second kappa shape index (κ2) is 6.03. The van der Waals surface area contributed by atoms with E-state index in [1.807, 2.05) is 12.1 Å². The topological polar surface area (TPSA) is 32.3 Å². The van der Waals surface area contributed by atoms with Crippen molar-refractivity contribution in [1.82, 2.24) is 0 Å². The van der Waals surface area contributed by atoms with Gasteiger partial charge in [0.15, 0.2) is 0 Å². The van der Waals surface area contributed by atoms with Gasteiger partial charge in [-0.1, -0.05) is 24.6 Å². The summed E-state index contributed by atoms with van der Waals surface area (Å²) in [6.07, 6.45) is 1.05. The molecule has 0 bridgehead atoms. The van der Waals surface area contributed by atoms with Gasteiger partial charge in [0.25, 0.3) is 0 Å². The maximum atomic E-state index is 9.52. The third-order valence-corrected chi connectivity index (χ3v) is 4.29. The molecule has 0 aliphatic heterocycles. The van der Waals surface area contributed by atoms with Gasteiger partial charge in [0.2, 0.25) is 0 Å². The first-order valence-corrected chi connectivity index (χ1v) is 7.07. The number of thiophene rings is 1. The van der Waals surface area contributed by atoms with Crippen LogP contribution in [-0.4, -0.2) is 11.7 Å². The lowest BCUT2D eigenvalue weighted by Crippen LogP contribution is -2.13. The molecule has 2 N–H and O–H groups in total. The minimum Gasteiger partial charge on any atom is -0.394 e. The molecular weight excluding hydrogens is 242 g/mol. The zero-order chi connectivity index (χ0) is 13.0. The third kappa shape index (κ3) is 3.12. The lowest BCUT2D eigenvalue weighted by atomic mass is 10.2.